The first-order valence-electron chi connectivity index (χ1n) is 4.74. The van der Waals surface area contributed by atoms with E-state index in [1.807, 2.05) is 0 Å². The van der Waals surface area contributed by atoms with Crippen LogP contribution >= 0.6 is 12.4 Å². The van der Waals surface area contributed by atoms with Crippen molar-refractivity contribution >= 4 is 18.4 Å². The van der Waals surface area contributed by atoms with Crippen LogP contribution in [0.2, 0.25) is 0 Å². The summed E-state index contributed by atoms with van der Waals surface area (Å²) in [5.74, 6) is 0.133. The molecule has 4 nitrogen and oxygen atoms in total. The lowest BCUT2D eigenvalue weighted by Crippen LogP contribution is -2.34. The van der Waals surface area contributed by atoms with Gasteiger partial charge in [-0.1, -0.05) is 0 Å². The molecule has 0 bridgehead atoms. The highest BCUT2D eigenvalue weighted by atomic mass is 35.5. The maximum absolute atomic E-state index is 11.1. The van der Waals surface area contributed by atoms with Crippen molar-refractivity contribution < 1.29 is 14.3 Å². The van der Waals surface area contributed by atoms with Crippen LogP contribution in [0, 0.1) is 5.92 Å². The molecule has 1 rings (SSSR count). The van der Waals surface area contributed by atoms with Gasteiger partial charge in [0.15, 0.2) is 0 Å². The molecule has 0 aromatic rings. The van der Waals surface area contributed by atoms with Crippen LogP contribution in [0.1, 0.15) is 19.8 Å². The fourth-order valence-corrected chi connectivity index (χ4v) is 1.47. The molecule has 1 heterocycles. The zero-order valence-corrected chi connectivity index (χ0v) is 9.22. The van der Waals surface area contributed by atoms with Crippen molar-refractivity contribution in [3.8, 4) is 0 Å². The summed E-state index contributed by atoms with van der Waals surface area (Å²) in [5, 5.41) is 0. The average molecular weight is 224 g/mol. The molecular formula is C9H18ClNO3. The molecule has 2 N–H and O–H groups in total. The third-order valence-electron chi connectivity index (χ3n) is 2.20. The Balaban J connectivity index is 0.00000169. The molecule has 1 aliphatic rings. The molecule has 0 aliphatic carbocycles. The van der Waals surface area contributed by atoms with Crippen molar-refractivity contribution in [1.29, 1.82) is 0 Å². The van der Waals surface area contributed by atoms with E-state index in [2.05, 4.69) is 0 Å². The number of rotatable bonds is 4. The molecule has 5 heteroatoms. The molecule has 0 spiro atoms. The number of halogens is 1. The SMILES string of the molecule is CCOC(=O)[C@@H](N)CC1CCOC1.Cl. The Bertz CT molecular complexity index is 171. The molecule has 0 radical (unpaired) electrons. The molecule has 1 aliphatic heterocycles. The van der Waals surface area contributed by atoms with Crippen molar-refractivity contribution in [1.82, 2.24) is 0 Å². The van der Waals surface area contributed by atoms with Crippen molar-refractivity contribution in [3.05, 3.63) is 0 Å². The fraction of sp³-hybridized carbons (Fsp3) is 0.889. The van der Waals surface area contributed by atoms with E-state index < -0.39 is 6.04 Å². The predicted octanol–water partition coefficient (Wildman–Crippen LogP) is 0.725. The smallest absolute Gasteiger partial charge is 0.322 e. The second-order valence-corrected chi connectivity index (χ2v) is 3.32. The zero-order chi connectivity index (χ0) is 9.68. The minimum absolute atomic E-state index is 0. The highest BCUT2D eigenvalue weighted by Crippen LogP contribution is 2.17. The quantitative estimate of drug-likeness (QED) is 0.714. The summed E-state index contributed by atoms with van der Waals surface area (Å²) in [5.41, 5.74) is 5.65. The van der Waals surface area contributed by atoms with Crippen LogP contribution in [0.25, 0.3) is 0 Å². The van der Waals surface area contributed by atoms with Crippen LogP contribution in [-0.2, 0) is 14.3 Å². The number of hydrogen-bond acceptors (Lipinski definition) is 4. The lowest BCUT2D eigenvalue weighted by Gasteiger charge is -2.13. The van der Waals surface area contributed by atoms with Gasteiger partial charge in [-0.15, -0.1) is 12.4 Å². The first kappa shape index (κ1) is 13.7. The number of hydrogen-bond donors (Lipinski definition) is 1. The molecule has 0 aromatic carbocycles. The second kappa shape index (κ2) is 7.04. The monoisotopic (exact) mass is 223 g/mol. The highest BCUT2D eigenvalue weighted by molar-refractivity contribution is 5.85. The van der Waals surface area contributed by atoms with Gasteiger partial charge in [-0.25, -0.2) is 0 Å². The Morgan fingerprint density at radius 1 is 1.71 bits per heavy atom. The number of esters is 1. The van der Waals surface area contributed by atoms with E-state index >= 15 is 0 Å². The molecule has 1 unspecified atom stereocenters. The molecular weight excluding hydrogens is 206 g/mol. The maximum Gasteiger partial charge on any atom is 0.322 e. The number of nitrogens with two attached hydrogens (primary N) is 1. The molecule has 0 saturated carbocycles. The normalized spacial score (nSPS) is 22.6. The van der Waals surface area contributed by atoms with Gasteiger partial charge in [-0.2, -0.15) is 0 Å². The highest BCUT2D eigenvalue weighted by Gasteiger charge is 2.23. The second-order valence-electron chi connectivity index (χ2n) is 3.32. The Morgan fingerprint density at radius 3 is 2.93 bits per heavy atom. The summed E-state index contributed by atoms with van der Waals surface area (Å²) in [4.78, 5) is 11.1. The molecule has 2 atom stereocenters. The van der Waals surface area contributed by atoms with Gasteiger partial charge in [0.05, 0.1) is 6.61 Å². The molecule has 0 aromatic heterocycles. The van der Waals surface area contributed by atoms with Crippen LogP contribution in [0.15, 0.2) is 0 Å². The van der Waals surface area contributed by atoms with E-state index in [1.165, 1.54) is 0 Å². The summed E-state index contributed by atoms with van der Waals surface area (Å²) in [6.45, 7) is 3.70. The molecule has 1 saturated heterocycles. The van der Waals surface area contributed by atoms with Gasteiger partial charge in [0.25, 0.3) is 0 Å². The van der Waals surface area contributed by atoms with Crippen molar-refractivity contribution in [3.63, 3.8) is 0 Å². The Labute approximate surface area is 90.5 Å². The molecule has 84 valence electrons. The minimum atomic E-state index is -0.480. The fourth-order valence-electron chi connectivity index (χ4n) is 1.47. The van der Waals surface area contributed by atoms with E-state index in [4.69, 9.17) is 15.2 Å². The first-order chi connectivity index (χ1) is 6.24. The summed E-state index contributed by atoms with van der Waals surface area (Å²) >= 11 is 0. The van der Waals surface area contributed by atoms with Crippen LogP contribution in [-0.4, -0.2) is 31.8 Å². The van der Waals surface area contributed by atoms with Gasteiger partial charge >= 0.3 is 5.97 Å². The average Bonchev–Trinajstić information content (AvgIpc) is 2.57. The topological polar surface area (TPSA) is 61.5 Å². The number of ether oxygens (including phenoxy) is 2. The lowest BCUT2D eigenvalue weighted by molar-refractivity contribution is -0.145. The van der Waals surface area contributed by atoms with Crippen molar-refractivity contribution in [2.45, 2.75) is 25.8 Å². The maximum atomic E-state index is 11.1. The summed E-state index contributed by atoms with van der Waals surface area (Å²) in [7, 11) is 0. The Kier molecular flexibility index (Phi) is 6.87. The van der Waals surface area contributed by atoms with Crippen molar-refractivity contribution in [2.24, 2.45) is 11.7 Å². The standard InChI is InChI=1S/C9H17NO3.ClH/c1-2-13-9(11)8(10)5-7-3-4-12-6-7;/h7-8H,2-6,10H2,1H3;1H/t7?,8-;/m0./s1. The number of carbonyl (C=O) groups is 1. The van der Waals surface area contributed by atoms with Crippen molar-refractivity contribution in [2.75, 3.05) is 19.8 Å². The van der Waals surface area contributed by atoms with Gasteiger partial charge in [-0.05, 0) is 25.7 Å². The van der Waals surface area contributed by atoms with E-state index in [1.54, 1.807) is 6.92 Å². The third-order valence-corrected chi connectivity index (χ3v) is 2.20. The van der Waals surface area contributed by atoms with Gasteiger partial charge in [-0.3, -0.25) is 4.79 Å². The van der Waals surface area contributed by atoms with Gasteiger partial charge in [0.2, 0.25) is 0 Å². The minimum Gasteiger partial charge on any atom is -0.465 e. The summed E-state index contributed by atoms with van der Waals surface area (Å²) < 4.78 is 10.00. The van der Waals surface area contributed by atoms with Gasteiger partial charge in [0, 0.05) is 13.2 Å². The van der Waals surface area contributed by atoms with E-state index in [0.29, 0.717) is 18.9 Å². The summed E-state index contributed by atoms with van der Waals surface area (Å²) in [6, 6.07) is -0.480. The zero-order valence-electron chi connectivity index (χ0n) is 8.40. The van der Waals surface area contributed by atoms with E-state index in [9.17, 15) is 4.79 Å². The third kappa shape index (κ3) is 4.26. The summed E-state index contributed by atoms with van der Waals surface area (Å²) in [6.07, 6.45) is 1.69. The molecule has 0 amide bonds. The lowest BCUT2D eigenvalue weighted by atomic mass is 10.00. The van der Waals surface area contributed by atoms with E-state index in [0.717, 1.165) is 19.6 Å². The Morgan fingerprint density at radius 2 is 2.43 bits per heavy atom. The van der Waals surface area contributed by atoms with Crippen LogP contribution in [0.4, 0.5) is 0 Å². The number of carbonyl (C=O) groups excluding carboxylic acids is 1. The van der Waals surface area contributed by atoms with Gasteiger partial charge in [0.1, 0.15) is 6.04 Å². The van der Waals surface area contributed by atoms with Crippen LogP contribution in [0.5, 0.6) is 0 Å². The predicted molar refractivity (Wildman–Crippen MR) is 55.4 cm³/mol. The van der Waals surface area contributed by atoms with E-state index in [-0.39, 0.29) is 18.4 Å². The Hall–Kier alpha value is -0.320. The molecule has 1 fully saturated rings. The van der Waals surface area contributed by atoms with Gasteiger partial charge < -0.3 is 15.2 Å². The first-order valence-corrected chi connectivity index (χ1v) is 4.74. The molecule has 14 heavy (non-hydrogen) atoms. The largest absolute Gasteiger partial charge is 0.465 e. The van der Waals surface area contributed by atoms with Crippen LogP contribution < -0.4 is 5.73 Å². The van der Waals surface area contributed by atoms with Crippen LogP contribution in [0.3, 0.4) is 0 Å².